The molecule has 1 N–H and O–H groups in total. The van der Waals surface area contributed by atoms with E-state index in [9.17, 15) is 9.18 Å². The van der Waals surface area contributed by atoms with E-state index in [1.165, 1.54) is 18.2 Å². The van der Waals surface area contributed by atoms with Crippen LogP contribution < -0.4 is 10.1 Å². The number of rotatable bonds is 5. The maximum absolute atomic E-state index is 13.3. The molecule has 0 atom stereocenters. The lowest BCUT2D eigenvalue weighted by Gasteiger charge is -2.11. The average Bonchev–Trinajstić information content (AvgIpc) is 2.63. The number of pyridine rings is 1. The Morgan fingerprint density at radius 3 is 2.64 bits per heavy atom. The molecule has 0 fully saturated rings. The number of ether oxygens (including phenoxy) is 1. The van der Waals surface area contributed by atoms with E-state index in [1.807, 2.05) is 0 Å². The summed E-state index contributed by atoms with van der Waals surface area (Å²) in [5.41, 5.74) is 1.37. The third-order valence-corrected chi connectivity index (χ3v) is 3.30. The largest absolute Gasteiger partial charge is 0.455 e. The first-order valence-corrected chi connectivity index (χ1v) is 7.62. The number of benzene rings is 2. The molecule has 1 aromatic heterocycles. The van der Waals surface area contributed by atoms with Crippen LogP contribution >= 0.6 is 0 Å². The predicted molar refractivity (Wildman–Crippen MR) is 94.8 cm³/mol. The Morgan fingerprint density at radius 1 is 1.04 bits per heavy atom. The van der Waals surface area contributed by atoms with Crippen LogP contribution in [0, 0.1) is 5.82 Å². The summed E-state index contributed by atoms with van der Waals surface area (Å²) in [5, 5.41) is 2.76. The summed E-state index contributed by atoms with van der Waals surface area (Å²) in [5.74, 6) is 0.0965. The Kier molecular flexibility index (Phi) is 5.16. The van der Waals surface area contributed by atoms with Crippen molar-refractivity contribution in [3.05, 3.63) is 90.5 Å². The zero-order valence-corrected chi connectivity index (χ0v) is 13.2. The van der Waals surface area contributed by atoms with Crippen LogP contribution in [0.4, 0.5) is 10.1 Å². The van der Waals surface area contributed by atoms with E-state index in [0.717, 1.165) is 5.56 Å². The van der Waals surface area contributed by atoms with E-state index in [2.05, 4.69) is 10.3 Å². The van der Waals surface area contributed by atoms with Gasteiger partial charge in [-0.25, -0.2) is 4.39 Å². The monoisotopic (exact) mass is 334 g/mol. The molecule has 0 aliphatic rings. The van der Waals surface area contributed by atoms with Gasteiger partial charge in [0.1, 0.15) is 11.6 Å². The van der Waals surface area contributed by atoms with E-state index in [1.54, 1.807) is 67.0 Å². The van der Waals surface area contributed by atoms with E-state index in [-0.39, 0.29) is 11.7 Å². The zero-order valence-electron chi connectivity index (χ0n) is 13.2. The summed E-state index contributed by atoms with van der Waals surface area (Å²) >= 11 is 0. The van der Waals surface area contributed by atoms with E-state index in [0.29, 0.717) is 17.2 Å². The Hall–Kier alpha value is -3.47. The molecule has 4 nitrogen and oxygen atoms in total. The average molecular weight is 334 g/mol. The van der Waals surface area contributed by atoms with Crippen LogP contribution in [0.5, 0.6) is 11.5 Å². The van der Waals surface area contributed by atoms with Gasteiger partial charge in [-0.1, -0.05) is 18.2 Å². The minimum Gasteiger partial charge on any atom is -0.455 e. The standard InChI is InChI=1S/C20H15FN2O2/c21-16-4-3-5-17(14-16)25-19-7-2-1-6-18(19)23-20(24)9-8-15-10-12-22-13-11-15/h1-14H,(H,23,24)/b9-8+. The molecule has 3 aromatic rings. The number of carbonyl (C=O) groups excluding carboxylic acids is 1. The molecule has 0 radical (unpaired) electrons. The first-order valence-electron chi connectivity index (χ1n) is 7.62. The second-order valence-corrected chi connectivity index (χ2v) is 5.16. The fourth-order valence-electron chi connectivity index (χ4n) is 2.14. The molecule has 0 bridgehead atoms. The third-order valence-electron chi connectivity index (χ3n) is 3.30. The number of carbonyl (C=O) groups is 1. The van der Waals surface area contributed by atoms with Gasteiger partial charge in [-0.3, -0.25) is 9.78 Å². The van der Waals surface area contributed by atoms with Gasteiger partial charge in [-0.05, 0) is 48.0 Å². The van der Waals surface area contributed by atoms with Crippen LogP contribution in [0.25, 0.3) is 6.08 Å². The molecule has 1 heterocycles. The van der Waals surface area contributed by atoms with E-state index >= 15 is 0 Å². The van der Waals surface area contributed by atoms with Gasteiger partial charge < -0.3 is 10.1 Å². The number of nitrogens with zero attached hydrogens (tertiary/aromatic N) is 1. The van der Waals surface area contributed by atoms with Crippen LogP contribution in [-0.4, -0.2) is 10.9 Å². The lowest BCUT2D eigenvalue weighted by atomic mass is 10.2. The van der Waals surface area contributed by atoms with Crippen molar-refractivity contribution in [2.24, 2.45) is 0 Å². The molecule has 0 unspecified atom stereocenters. The molecule has 0 aliphatic carbocycles. The lowest BCUT2D eigenvalue weighted by Crippen LogP contribution is -2.08. The van der Waals surface area contributed by atoms with Crippen molar-refractivity contribution in [2.75, 3.05) is 5.32 Å². The highest BCUT2D eigenvalue weighted by Crippen LogP contribution is 2.29. The minimum atomic E-state index is -0.390. The third kappa shape index (κ3) is 4.75. The highest BCUT2D eigenvalue weighted by molar-refractivity contribution is 6.02. The maximum atomic E-state index is 13.3. The highest BCUT2D eigenvalue weighted by Gasteiger charge is 2.07. The van der Waals surface area contributed by atoms with Crippen LogP contribution in [0.3, 0.4) is 0 Å². The number of aromatic nitrogens is 1. The molecule has 25 heavy (non-hydrogen) atoms. The Morgan fingerprint density at radius 2 is 1.84 bits per heavy atom. The molecule has 3 rings (SSSR count). The van der Waals surface area contributed by atoms with Gasteiger partial charge in [0.2, 0.25) is 5.91 Å². The van der Waals surface area contributed by atoms with Crippen molar-refractivity contribution >= 4 is 17.7 Å². The fourth-order valence-corrected chi connectivity index (χ4v) is 2.14. The van der Waals surface area contributed by atoms with Gasteiger partial charge in [-0.2, -0.15) is 0 Å². The molecule has 124 valence electrons. The minimum absolute atomic E-state index is 0.299. The van der Waals surface area contributed by atoms with Gasteiger partial charge >= 0.3 is 0 Å². The Labute approximate surface area is 144 Å². The number of hydrogen-bond donors (Lipinski definition) is 1. The summed E-state index contributed by atoms with van der Waals surface area (Å²) in [4.78, 5) is 16.0. The molecule has 0 saturated heterocycles. The van der Waals surface area contributed by atoms with Crippen molar-refractivity contribution < 1.29 is 13.9 Å². The Balaban J connectivity index is 1.72. The number of hydrogen-bond acceptors (Lipinski definition) is 3. The second-order valence-electron chi connectivity index (χ2n) is 5.16. The van der Waals surface area contributed by atoms with Crippen molar-refractivity contribution in [3.8, 4) is 11.5 Å². The lowest BCUT2D eigenvalue weighted by molar-refractivity contribution is -0.111. The summed E-state index contributed by atoms with van der Waals surface area (Å²) in [6.45, 7) is 0. The molecule has 1 amide bonds. The summed E-state index contributed by atoms with van der Waals surface area (Å²) in [6.07, 6.45) is 6.42. The van der Waals surface area contributed by atoms with Gasteiger partial charge in [0, 0.05) is 24.5 Å². The topological polar surface area (TPSA) is 51.2 Å². The van der Waals surface area contributed by atoms with E-state index in [4.69, 9.17) is 4.74 Å². The molecule has 5 heteroatoms. The summed E-state index contributed by atoms with van der Waals surface area (Å²) in [6, 6.07) is 16.4. The van der Waals surface area contributed by atoms with Crippen LogP contribution in [0.1, 0.15) is 5.56 Å². The van der Waals surface area contributed by atoms with Gasteiger partial charge in [0.15, 0.2) is 5.75 Å². The second kappa shape index (κ2) is 7.88. The quantitative estimate of drug-likeness (QED) is 0.690. The van der Waals surface area contributed by atoms with Crippen molar-refractivity contribution in [1.29, 1.82) is 0 Å². The first-order chi connectivity index (χ1) is 12.2. The fraction of sp³-hybridized carbons (Fsp3) is 0. The number of halogens is 1. The number of nitrogens with one attached hydrogen (secondary N) is 1. The van der Waals surface area contributed by atoms with Crippen molar-refractivity contribution in [2.45, 2.75) is 0 Å². The first kappa shape index (κ1) is 16.4. The van der Waals surface area contributed by atoms with Gasteiger partial charge in [0.05, 0.1) is 5.69 Å². The van der Waals surface area contributed by atoms with Gasteiger partial charge in [-0.15, -0.1) is 0 Å². The number of amides is 1. The van der Waals surface area contributed by atoms with Crippen LogP contribution in [0.2, 0.25) is 0 Å². The molecule has 2 aromatic carbocycles. The molecule has 0 saturated carbocycles. The number of para-hydroxylation sites is 2. The predicted octanol–water partition coefficient (Wildman–Crippen LogP) is 4.66. The zero-order chi connectivity index (χ0) is 17.5. The van der Waals surface area contributed by atoms with Crippen LogP contribution in [0.15, 0.2) is 79.1 Å². The number of anilines is 1. The Bertz CT molecular complexity index is 895. The SMILES string of the molecule is O=C(/C=C/c1ccncc1)Nc1ccccc1Oc1cccc(F)c1. The van der Waals surface area contributed by atoms with Crippen molar-refractivity contribution in [3.63, 3.8) is 0 Å². The molecule has 0 aliphatic heterocycles. The maximum Gasteiger partial charge on any atom is 0.248 e. The molecular formula is C20H15FN2O2. The smallest absolute Gasteiger partial charge is 0.248 e. The summed E-state index contributed by atoms with van der Waals surface area (Å²) in [7, 11) is 0. The van der Waals surface area contributed by atoms with E-state index < -0.39 is 0 Å². The van der Waals surface area contributed by atoms with Gasteiger partial charge in [0.25, 0.3) is 0 Å². The summed E-state index contributed by atoms with van der Waals surface area (Å²) < 4.78 is 18.9. The molecule has 0 spiro atoms. The normalized spacial score (nSPS) is 10.6. The highest BCUT2D eigenvalue weighted by atomic mass is 19.1. The van der Waals surface area contributed by atoms with Crippen LogP contribution in [-0.2, 0) is 4.79 Å². The van der Waals surface area contributed by atoms with Crippen molar-refractivity contribution in [1.82, 2.24) is 4.98 Å². The molecular weight excluding hydrogens is 319 g/mol.